The largest absolute Gasteiger partial charge is 0.409 e. The van der Waals surface area contributed by atoms with Gasteiger partial charge in [0.1, 0.15) is 0 Å². The predicted octanol–water partition coefficient (Wildman–Crippen LogP) is 0.0649. The maximum Gasteiger partial charge on any atom is 0.199 e. The van der Waals surface area contributed by atoms with Crippen LogP contribution in [0.25, 0.3) is 0 Å². The molecule has 100 valence electrons. The Hall–Kier alpha value is -1.40. The van der Waals surface area contributed by atoms with Crippen LogP contribution in [-0.4, -0.2) is 51.8 Å². The second kappa shape index (κ2) is 5.97. The maximum atomic E-state index is 8.89. The molecule has 2 rings (SSSR count). The lowest BCUT2D eigenvalue weighted by Crippen LogP contribution is -2.31. The van der Waals surface area contributed by atoms with E-state index >= 15 is 0 Å². The Kier molecular flexibility index (Phi) is 4.33. The van der Waals surface area contributed by atoms with Crippen LogP contribution in [0.5, 0.6) is 0 Å². The number of nitrogens with zero attached hydrogens (tertiary/aromatic N) is 4. The molecule has 0 radical (unpaired) electrons. The summed E-state index contributed by atoms with van der Waals surface area (Å²) in [4.78, 5) is 0. The zero-order chi connectivity index (χ0) is 13.0. The van der Waals surface area contributed by atoms with Crippen molar-refractivity contribution in [3.05, 3.63) is 5.69 Å². The molecule has 0 aromatic carbocycles. The quantitative estimate of drug-likeness (QED) is 0.221. The van der Waals surface area contributed by atoms with E-state index in [2.05, 4.69) is 37.1 Å². The van der Waals surface area contributed by atoms with E-state index in [1.165, 1.54) is 12.8 Å². The first kappa shape index (κ1) is 13.0. The minimum Gasteiger partial charge on any atom is -0.409 e. The number of oxime groups is 1. The standard InChI is InChI=1S/C9H17N6O2P/c1-15(18-6-2-3-6)5-4-11-9(12-16)7-8(10)14-17-13-7/h6,16,18H,2-5H2,1H3,(H2,10,14)(H,11,12). The van der Waals surface area contributed by atoms with Crippen molar-refractivity contribution in [2.75, 3.05) is 25.9 Å². The number of aromatic nitrogens is 2. The zero-order valence-electron chi connectivity index (χ0n) is 10.1. The Labute approximate surface area is 106 Å². The SMILES string of the molecule is CN(CCN/C(=N\O)c1nonc1N)PC1CC1. The normalized spacial score (nSPS) is 16.9. The summed E-state index contributed by atoms with van der Waals surface area (Å²) in [5.41, 5.74) is 6.63. The Morgan fingerprint density at radius 1 is 1.67 bits per heavy atom. The van der Waals surface area contributed by atoms with E-state index in [4.69, 9.17) is 10.9 Å². The van der Waals surface area contributed by atoms with Crippen molar-refractivity contribution >= 4 is 20.4 Å². The number of likely N-dealkylation sites (N-methyl/N-ethyl adjacent to an activating group) is 1. The Morgan fingerprint density at radius 2 is 2.44 bits per heavy atom. The van der Waals surface area contributed by atoms with Crippen molar-refractivity contribution in [2.45, 2.75) is 18.5 Å². The Balaban J connectivity index is 1.75. The molecule has 1 aliphatic rings. The van der Waals surface area contributed by atoms with Crippen LogP contribution in [0, 0.1) is 0 Å². The third-order valence-electron chi connectivity index (χ3n) is 2.56. The molecule has 1 saturated carbocycles. The molecule has 1 aliphatic carbocycles. The van der Waals surface area contributed by atoms with Crippen LogP contribution in [0.1, 0.15) is 18.5 Å². The van der Waals surface area contributed by atoms with Gasteiger partial charge in [-0.05, 0) is 44.6 Å². The second-order valence-corrected chi connectivity index (χ2v) is 6.04. The van der Waals surface area contributed by atoms with Gasteiger partial charge in [0.2, 0.25) is 0 Å². The highest BCUT2D eigenvalue weighted by Gasteiger charge is 2.22. The highest BCUT2D eigenvalue weighted by atomic mass is 31.1. The molecule has 0 amide bonds. The third kappa shape index (κ3) is 3.54. The van der Waals surface area contributed by atoms with Crippen molar-refractivity contribution in [3.63, 3.8) is 0 Å². The summed E-state index contributed by atoms with van der Waals surface area (Å²) < 4.78 is 6.72. The van der Waals surface area contributed by atoms with Crippen LogP contribution in [0.15, 0.2) is 9.78 Å². The number of rotatable bonds is 6. The van der Waals surface area contributed by atoms with Gasteiger partial charge in [0, 0.05) is 13.1 Å². The molecule has 0 saturated heterocycles. The first-order valence-corrected chi connectivity index (χ1v) is 6.74. The lowest BCUT2D eigenvalue weighted by molar-refractivity contribution is 0.304. The van der Waals surface area contributed by atoms with Crippen LogP contribution >= 0.6 is 8.73 Å². The Bertz CT molecular complexity index is 419. The van der Waals surface area contributed by atoms with E-state index in [-0.39, 0.29) is 17.3 Å². The molecule has 0 bridgehead atoms. The number of hydrogen-bond donors (Lipinski definition) is 3. The average molecular weight is 272 g/mol. The summed E-state index contributed by atoms with van der Waals surface area (Å²) in [7, 11) is 2.95. The molecule has 0 aliphatic heterocycles. The number of nitrogens with one attached hydrogen (secondary N) is 1. The first-order chi connectivity index (χ1) is 8.70. The van der Waals surface area contributed by atoms with Gasteiger partial charge in [0.25, 0.3) is 0 Å². The van der Waals surface area contributed by atoms with Gasteiger partial charge < -0.3 is 16.3 Å². The average Bonchev–Trinajstić information content (AvgIpc) is 3.05. The van der Waals surface area contributed by atoms with Gasteiger partial charge >= 0.3 is 0 Å². The van der Waals surface area contributed by atoms with E-state index in [0.717, 1.165) is 20.9 Å². The fourth-order valence-electron chi connectivity index (χ4n) is 1.46. The summed E-state index contributed by atoms with van der Waals surface area (Å²) in [6, 6.07) is 0. The first-order valence-electron chi connectivity index (χ1n) is 5.72. The number of nitrogens with two attached hydrogens (primary N) is 1. The van der Waals surface area contributed by atoms with Crippen LogP contribution in [0.4, 0.5) is 5.82 Å². The van der Waals surface area contributed by atoms with Gasteiger partial charge in [-0.1, -0.05) is 5.16 Å². The molecule has 1 heterocycles. The fraction of sp³-hybridized carbons (Fsp3) is 0.667. The smallest absolute Gasteiger partial charge is 0.199 e. The fourth-order valence-corrected chi connectivity index (χ4v) is 2.75. The molecule has 1 fully saturated rings. The number of hydrogen-bond acceptors (Lipinski definition) is 7. The van der Waals surface area contributed by atoms with Gasteiger partial charge in [0.15, 0.2) is 17.3 Å². The van der Waals surface area contributed by atoms with E-state index in [1.807, 2.05) is 0 Å². The van der Waals surface area contributed by atoms with Gasteiger partial charge in [-0.15, -0.1) is 0 Å². The second-order valence-electron chi connectivity index (χ2n) is 4.20. The van der Waals surface area contributed by atoms with Gasteiger partial charge in [-0.3, -0.25) is 4.67 Å². The molecule has 1 unspecified atom stereocenters. The summed E-state index contributed by atoms with van der Waals surface area (Å²) in [6.07, 6.45) is 2.70. The van der Waals surface area contributed by atoms with Crippen molar-refractivity contribution < 1.29 is 9.84 Å². The molecule has 4 N–H and O–H groups in total. The van der Waals surface area contributed by atoms with Gasteiger partial charge in [0.05, 0.1) is 0 Å². The molecular formula is C9H17N6O2P. The van der Waals surface area contributed by atoms with E-state index in [9.17, 15) is 0 Å². The van der Waals surface area contributed by atoms with Crippen LogP contribution in [0.3, 0.4) is 0 Å². The van der Waals surface area contributed by atoms with Crippen molar-refractivity contribution in [1.82, 2.24) is 20.3 Å². The summed E-state index contributed by atoms with van der Waals surface area (Å²) >= 11 is 0. The van der Waals surface area contributed by atoms with E-state index < -0.39 is 0 Å². The lowest BCUT2D eigenvalue weighted by Gasteiger charge is -2.16. The molecule has 1 atom stereocenters. The Morgan fingerprint density at radius 3 is 3.00 bits per heavy atom. The van der Waals surface area contributed by atoms with Crippen LogP contribution < -0.4 is 11.1 Å². The molecule has 8 nitrogen and oxygen atoms in total. The predicted molar refractivity (Wildman–Crippen MR) is 69.0 cm³/mol. The van der Waals surface area contributed by atoms with Gasteiger partial charge in [-0.2, -0.15) is 0 Å². The maximum absolute atomic E-state index is 8.89. The van der Waals surface area contributed by atoms with Crippen molar-refractivity contribution in [3.8, 4) is 0 Å². The number of anilines is 1. The molecular weight excluding hydrogens is 255 g/mol. The van der Waals surface area contributed by atoms with Crippen LogP contribution in [0.2, 0.25) is 0 Å². The highest BCUT2D eigenvalue weighted by Crippen LogP contribution is 2.40. The minimum absolute atomic E-state index is 0.100. The minimum atomic E-state index is 0.100. The summed E-state index contributed by atoms with van der Waals surface area (Å²) in [5, 5.41) is 22.0. The molecule has 1 aromatic rings. The number of nitrogen functional groups attached to an aromatic ring is 1. The third-order valence-corrected chi connectivity index (χ3v) is 4.17. The topological polar surface area (TPSA) is 113 Å². The summed E-state index contributed by atoms with van der Waals surface area (Å²) in [5.74, 6) is 0.278. The van der Waals surface area contributed by atoms with E-state index in [1.54, 1.807) is 0 Å². The van der Waals surface area contributed by atoms with E-state index in [0.29, 0.717) is 6.54 Å². The van der Waals surface area contributed by atoms with Gasteiger partial charge in [-0.25, -0.2) is 4.63 Å². The highest BCUT2D eigenvalue weighted by molar-refractivity contribution is 7.36. The van der Waals surface area contributed by atoms with Crippen molar-refractivity contribution in [1.29, 1.82) is 0 Å². The molecule has 0 spiro atoms. The molecule has 1 aromatic heterocycles. The zero-order valence-corrected chi connectivity index (χ0v) is 11.1. The molecule has 9 heteroatoms. The number of amidine groups is 1. The summed E-state index contributed by atoms with van der Waals surface area (Å²) in [6.45, 7) is 1.50. The monoisotopic (exact) mass is 272 g/mol. The van der Waals surface area contributed by atoms with Crippen LogP contribution in [-0.2, 0) is 0 Å². The lowest BCUT2D eigenvalue weighted by atomic mass is 10.4. The molecule has 18 heavy (non-hydrogen) atoms. The van der Waals surface area contributed by atoms with Crippen molar-refractivity contribution in [2.24, 2.45) is 5.16 Å².